The molecule has 0 aliphatic heterocycles. The third-order valence-electron chi connectivity index (χ3n) is 2.79. The van der Waals surface area contributed by atoms with E-state index in [1.165, 1.54) is 26.3 Å². The molecule has 0 aliphatic rings. The first-order valence-electron chi connectivity index (χ1n) is 6.09. The van der Waals surface area contributed by atoms with Crippen molar-refractivity contribution in [3.8, 4) is 0 Å². The van der Waals surface area contributed by atoms with Crippen LogP contribution in [0.2, 0.25) is 0 Å². The SMILES string of the molecule is CCC(C)Nc1cc(C(=O)OC)cc(N(C)S(=O)[O-])n1. The molecule has 20 heavy (non-hydrogen) atoms. The van der Waals surface area contributed by atoms with Gasteiger partial charge in [-0.25, -0.2) is 9.78 Å². The molecule has 1 aromatic heterocycles. The monoisotopic (exact) mass is 300 g/mol. The number of esters is 1. The van der Waals surface area contributed by atoms with E-state index in [0.29, 0.717) is 5.82 Å². The number of pyridine rings is 1. The average Bonchev–Trinajstić information content (AvgIpc) is 2.44. The van der Waals surface area contributed by atoms with E-state index in [9.17, 15) is 13.6 Å². The highest BCUT2D eigenvalue weighted by Crippen LogP contribution is 2.19. The van der Waals surface area contributed by atoms with Crippen molar-refractivity contribution in [2.24, 2.45) is 0 Å². The van der Waals surface area contributed by atoms with Gasteiger partial charge in [0.05, 0.1) is 12.7 Å². The fraction of sp³-hybridized carbons (Fsp3) is 0.500. The quantitative estimate of drug-likeness (QED) is 0.628. The van der Waals surface area contributed by atoms with E-state index in [0.717, 1.165) is 10.7 Å². The molecule has 0 saturated heterocycles. The first-order valence-corrected chi connectivity index (χ1v) is 7.12. The minimum Gasteiger partial charge on any atom is -0.755 e. The van der Waals surface area contributed by atoms with Crippen LogP contribution in [-0.2, 0) is 16.0 Å². The van der Waals surface area contributed by atoms with Crippen LogP contribution in [0.4, 0.5) is 11.6 Å². The van der Waals surface area contributed by atoms with Crippen LogP contribution in [0.3, 0.4) is 0 Å². The van der Waals surface area contributed by atoms with Crippen molar-refractivity contribution in [1.29, 1.82) is 0 Å². The molecule has 0 aliphatic carbocycles. The van der Waals surface area contributed by atoms with Crippen LogP contribution < -0.4 is 9.62 Å². The first-order chi connectivity index (χ1) is 9.38. The van der Waals surface area contributed by atoms with Gasteiger partial charge in [0.2, 0.25) is 0 Å². The maximum Gasteiger partial charge on any atom is 0.338 e. The summed E-state index contributed by atoms with van der Waals surface area (Å²) in [5, 5.41) is 3.10. The minimum absolute atomic E-state index is 0.145. The molecule has 1 heterocycles. The molecule has 0 saturated carbocycles. The number of aromatic nitrogens is 1. The van der Waals surface area contributed by atoms with Crippen molar-refractivity contribution in [3.05, 3.63) is 17.7 Å². The summed E-state index contributed by atoms with van der Waals surface area (Å²) >= 11 is -2.47. The van der Waals surface area contributed by atoms with Crippen molar-refractivity contribution in [2.45, 2.75) is 26.3 Å². The van der Waals surface area contributed by atoms with Gasteiger partial charge in [-0.3, -0.25) is 8.51 Å². The lowest BCUT2D eigenvalue weighted by Crippen LogP contribution is -2.22. The van der Waals surface area contributed by atoms with Crippen LogP contribution >= 0.6 is 0 Å². The molecular weight excluding hydrogens is 282 g/mol. The number of ether oxygens (including phenoxy) is 1. The number of hydrogen-bond donors (Lipinski definition) is 1. The van der Waals surface area contributed by atoms with Gasteiger partial charge < -0.3 is 14.6 Å². The molecule has 1 aromatic rings. The molecule has 1 rings (SSSR count). The Bertz CT molecular complexity index is 509. The Morgan fingerprint density at radius 3 is 2.75 bits per heavy atom. The number of carbonyl (C=O) groups excluding carboxylic acids is 1. The number of carbonyl (C=O) groups is 1. The van der Waals surface area contributed by atoms with Gasteiger partial charge in [-0.15, -0.1) is 0 Å². The predicted molar refractivity (Wildman–Crippen MR) is 76.3 cm³/mol. The molecule has 0 fully saturated rings. The molecule has 2 unspecified atom stereocenters. The molecule has 0 aromatic carbocycles. The summed E-state index contributed by atoms with van der Waals surface area (Å²) in [7, 11) is 2.61. The molecule has 2 atom stereocenters. The van der Waals surface area contributed by atoms with Crippen molar-refractivity contribution >= 4 is 28.9 Å². The van der Waals surface area contributed by atoms with Crippen LogP contribution in [-0.4, -0.2) is 39.9 Å². The number of rotatable bonds is 6. The van der Waals surface area contributed by atoms with Crippen molar-refractivity contribution in [2.75, 3.05) is 23.8 Å². The molecule has 0 bridgehead atoms. The summed E-state index contributed by atoms with van der Waals surface area (Å²) in [6.07, 6.45) is 0.864. The Morgan fingerprint density at radius 1 is 1.60 bits per heavy atom. The molecule has 8 heteroatoms. The zero-order chi connectivity index (χ0) is 15.3. The Kier molecular flexibility index (Phi) is 5.90. The van der Waals surface area contributed by atoms with Crippen LogP contribution in [0.1, 0.15) is 30.6 Å². The lowest BCUT2D eigenvalue weighted by molar-refractivity contribution is 0.0600. The van der Waals surface area contributed by atoms with Crippen molar-refractivity contribution in [3.63, 3.8) is 0 Å². The van der Waals surface area contributed by atoms with Gasteiger partial charge in [0.1, 0.15) is 11.6 Å². The molecule has 0 amide bonds. The van der Waals surface area contributed by atoms with E-state index in [4.69, 9.17) is 0 Å². The molecule has 1 N–H and O–H groups in total. The van der Waals surface area contributed by atoms with E-state index < -0.39 is 17.2 Å². The van der Waals surface area contributed by atoms with Gasteiger partial charge in [-0.05, 0) is 25.5 Å². The van der Waals surface area contributed by atoms with E-state index in [1.807, 2.05) is 13.8 Å². The lowest BCUT2D eigenvalue weighted by Gasteiger charge is -2.22. The lowest BCUT2D eigenvalue weighted by atomic mass is 10.2. The summed E-state index contributed by atoms with van der Waals surface area (Å²) in [4.78, 5) is 15.8. The summed E-state index contributed by atoms with van der Waals surface area (Å²) < 4.78 is 27.6. The van der Waals surface area contributed by atoms with Crippen LogP contribution in [0.15, 0.2) is 12.1 Å². The number of nitrogens with one attached hydrogen (secondary N) is 1. The van der Waals surface area contributed by atoms with Gasteiger partial charge in [0.25, 0.3) is 0 Å². The van der Waals surface area contributed by atoms with E-state index in [2.05, 4.69) is 15.0 Å². The van der Waals surface area contributed by atoms with E-state index in [-0.39, 0.29) is 17.4 Å². The summed E-state index contributed by atoms with van der Waals surface area (Å²) in [5.41, 5.74) is 0.237. The van der Waals surface area contributed by atoms with E-state index >= 15 is 0 Å². The Morgan fingerprint density at radius 2 is 2.25 bits per heavy atom. The van der Waals surface area contributed by atoms with Crippen LogP contribution in [0.25, 0.3) is 0 Å². The highest BCUT2D eigenvalue weighted by molar-refractivity contribution is 7.80. The minimum atomic E-state index is -2.47. The molecule has 0 spiro atoms. The highest BCUT2D eigenvalue weighted by atomic mass is 32.2. The number of nitrogens with zero attached hydrogens (tertiary/aromatic N) is 2. The predicted octanol–water partition coefficient (Wildman–Crippen LogP) is 1.31. The Balaban J connectivity index is 3.20. The van der Waals surface area contributed by atoms with Gasteiger partial charge in [-0.1, -0.05) is 6.92 Å². The molecule has 0 radical (unpaired) electrons. The number of methoxy groups -OCH3 is 1. The largest absolute Gasteiger partial charge is 0.755 e. The van der Waals surface area contributed by atoms with Gasteiger partial charge in [0.15, 0.2) is 0 Å². The normalized spacial score (nSPS) is 13.4. The maximum absolute atomic E-state index is 11.6. The zero-order valence-electron chi connectivity index (χ0n) is 11.9. The number of hydrogen-bond acceptors (Lipinski definition) is 6. The van der Waals surface area contributed by atoms with Crippen LogP contribution in [0.5, 0.6) is 0 Å². The van der Waals surface area contributed by atoms with Gasteiger partial charge >= 0.3 is 5.97 Å². The Labute approximate surface area is 120 Å². The van der Waals surface area contributed by atoms with Crippen LogP contribution in [0, 0.1) is 0 Å². The highest BCUT2D eigenvalue weighted by Gasteiger charge is 2.13. The average molecular weight is 300 g/mol. The summed E-state index contributed by atoms with van der Waals surface area (Å²) in [5.74, 6) is 0.0209. The Hall–Kier alpha value is -1.67. The maximum atomic E-state index is 11.6. The second-order valence-corrected chi connectivity index (χ2v) is 5.24. The van der Waals surface area contributed by atoms with Crippen molar-refractivity contribution < 1.29 is 18.3 Å². The summed E-state index contributed by atoms with van der Waals surface area (Å²) in [6, 6.07) is 3.04. The summed E-state index contributed by atoms with van der Waals surface area (Å²) in [6.45, 7) is 3.96. The third-order valence-corrected chi connectivity index (χ3v) is 3.42. The van der Waals surface area contributed by atoms with Gasteiger partial charge in [0, 0.05) is 24.4 Å². The topological polar surface area (TPSA) is 94.6 Å². The van der Waals surface area contributed by atoms with Crippen molar-refractivity contribution in [1.82, 2.24) is 4.98 Å². The smallest absolute Gasteiger partial charge is 0.338 e. The standard InChI is InChI=1S/C12H19N3O4S/c1-5-8(2)13-10-6-9(12(16)19-4)7-11(14-10)15(3)20(17)18/h6-8H,5H2,1-4H3,(H,13,14)(H,17,18)/p-1. The third kappa shape index (κ3) is 4.17. The zero-order valence-corrected chi connectivity index (χ0v) is 12.7. The van der Waals surface area contributed by atoms with E-state index in [1.54, 1.807) is 0 Å². The van der Waals surface area contributed by atoms with Gasteiger partial charge in [-0.2, -0.15) is 0 Å². The molecule has 7 nitrogen and oxygen atoms in total. The second kappa shape index (κ2) is 7.20. The number of anilines is 2. The fourth-order valence-electron chi connectivity index (χ4n) is 1.42. The molecular formula is C12H18N3O4S-. The second-order valence-electron chi connectivity index (χ2n) is 4.26. The fourth-order valence-corrected chi connectivity index (χ4v) is 1.66. The molecule has 112 valence electrons. The first kappa shape index (κ1) is 16.4.